The van der Waals surface area contributed by atoms with Gasteiger partial charge in [-0.3, -0.25) is 0 Å². The van der Waals surface area contributed by atoms with E-state index in [4.69, 9.17) is 11.6 Å². The maximum atomic E-state index is 6.17. The summed E-state index contributed by atoms with van der Waals surface area (Å²) in [4.78, 5) is 0. The summed E-state index contributed by atoms with van der Waals surface area (Å²) in [5.41, 5.74) is 1.39. The van der Waals surface area contributed by atoms with Gasteiger partial charge in [-0.15, -0.1) is 0 Å². The fourth-order valence-electron chi connectivity index (χ4n) is 2.97. The molecule has 1 aromatic rings. The monoisotopic (exact) mass is 377 g/mol. The molecule has 0 aliphatic heterocycles. The normalized spacial score (nSPS) is 18.8. The first-order valence-electron chi connectivity index (χ1n) is 6.90. The quantitative estimate of drug-likeness (QED) is 0.713. The van der Waals surface area contributed by atoms with E-state index < -0.39 is 0 Å². The van der Waals surface area contributed by atoms with Crippen molar-refractivity contribution in [1.29, 1.82) is 0 Å². The average Bonchev–Trinajstić information content (AvgIpc) is 2.40. The first-order valence-corrected chi connectivity index (χ1v) is 8.36. The van der Waals surface area contributed by atoms with Gasteiger partial charge in [0, 0.05) is 14.6 Å². The number of benzene rings is 1. The molecule has 2 rings (SSSR count). The van der Waals surface area contributed by atoms with E-state index in [0.29, 0.717) is 6.04 Å². The highest BCUT2D eigenvalue weighted by Crippen LogP contribution is 2.36. The molecule has 100 valence electrons. The number of hydrogen-bond acceptors (Lipinski definition) is 1. The van der Waals surface area contributed by atoms with Crippen molar-refractivity contribution >= 4 is 34.2 Å². The predicted octanol–water partition coefficient (Wildman–Crippen LogP) is 5.18. The summed E-state index contributed by atoms with van der Waals surface area (Å²) in [6.07, 6.45) is 6.86. The van der Waals surface area contributed by atoms with Crippen LogP contribution in [0.4, 0.5) is 0 Å². The molecule has 0 amide bonds. The Morgan fingerprint density at radius 3 is 2.72 bits per heavy atom. The molecule has 0 bridgehead atoms. The Morgan fingerprint density at radius 1 is 1.33 bits per heavy atom. The molecule has 3 heteroatoms. The standard InChI is InChI=1S/C15H21ClIN/c1-2-18-15(11-6-4-3-5-7-11)13-10-12(16)8-9-14(13)17/h8-11,15,18H,2-7H2,1H3. The molecule has 1 aliphatic rings. The third kappa shape index (κ3) is 3.61. The minimum Gasteiger partial charge on any atom is -0.310 e. The van der Waals surface area contributed by atoms with E-state index in [2.05, 4.69) is 47.0 Å². The van der Waals surface area contributed by atoms with Crippen LogP contribution in [0.2, 0.25) is 5.02 Å². The van der Waals surface area contributed by atoms with E-state index in [0.717, 1.165) is 17.5 Å². The highest BCUT2D eigenvalue weighted by atomic mass is 127. The van der Waals surface area contributed by atoms with Gasteiger partial charge in [0.2, 0.25) is 0 Å². The second-order valence-corrected chi connectivity index (χ2v) is 6.70. The minimum atomic E-state index is 0.473. The van der Waals surface area contributed by atoms with Gasteiger partial charge in [0.15, 0.2) is 0 Å². The summed E-state index contributed by atoms with van der Waals surface area (Å²) in [6.45, 7) is 3.21. The van der Waals surface area contributed by atoms with Crippen molar-refractivity contribution in [3.63, 3.8) is 0 Å². The highest BCUT2D eigenvalue weighted by Gasteiger charge is 2.25. The Labute approximate surface area is 129 Å². The summed E-state index contributed by atoms with van der Waals surface area (Å²) in [5, 5.41) is 4.52. The van der Waals surface area contributed by atoms with E-state index >= 15 is 0 Å². The molecular weight excluding hydrogens is 357 g/mol. The van der Waals surface area contributed by atoms with Gasteiger partial charge in [-0.2, -0.15) is 0 Å². The minimum absolute atomic E-state index is 0.473. The van der Waals surface area contributed by atoms with Crippen molar-refractivity contribution in [3.05, 3.63) is 32.4 Å². The van der Waals surface area contributed by atoms with Gasteiger partial charge in [0.1, 0.15) is 0 Å². The first kappa shape index (κ1) is 14.6. The molecule has 1 saturated carbocycles. The zero-order valence-corrected chi connectivity index (χ0v) is 13.8. The van der Waals surface area contributed by atoms with Crippen LogP contribution >= 0.6 is 34.2 Å². The SMILES string of the molecule is CCNC(c1cc(Cl)ccc1I)C1CCCCC1. The zero-order valence-electron chi connectivity index (χ0n) is 10.9. The van der Waals surface area contributed by atoms with E-state index in [1.54, 1.807) is 0 Å². The molecule has 1 aliphatic carbocycles. The molecular formula is C15H21ClIN. The molecule has 1 unspecified atom stereocenters. The molecule has 0 heterocycles. The van der Waals surface area contributed by atoms with Crippen LogP contribution in [0.15, 0.2) is 18.2 Å². The topological polar surface area (TPSA) is 12.0 Å². The molecule has 1 atom stereocenters. The lowest BCUT2D eigenvalue weighted by Crippen LogP contribution is -2.30. The molecule has 0 spiro atoms. The molecule has 0 aromatic heterocycles. The van der Waals surface area contributed by atoms with Crippen molar-refractivity contribution in [2.75, 3.05) is 6.54 Å². The van der Waals surface area contributed by atoms with Crippen molar-refractivity contribution in [2.24, 2.45) is 5.92 Å². The lowest BCUT2D eigenvalue weighted by atomic mass is 9.81. The second kappa shape index (κ2) is 7.11. The fourth-order valence-corrected chi connectivity index (χ4v) is 3.82. The van der Waals surface area contributed by atoms with Gasteiger partial charge in [-0.1, -0.05) is 37.8 Å². The van der Waals surface area contributed by atoms with Crippen LogP contribution in [-0.4, -0.2) is 6.54 Å². The smallest absolute Gasteiger partial charge is 0.0410 e. The number of rotatable bonds is 4. The van der Waals surface area contributed by atoms with E-state index in [-0.39, 0.29) is 0 Å². The van der Waals surface area contributed by atoms with Crippen LogP contribution in [0.3, 0.4) is 0 Å². The predicted molar refractivity (Wildman–Crippen MR) is 87.2 cm³/mol. The average molecular weight is 378 g/mol. The second-order valence-electron chi connectivity index (χ2n) is 5.10. The molecule has 1 fully saturated rings. The van der Waals surface area contributed by atoms with Gasteiger partial charge in [0.05, 0.1) is 0 Å². The van der Waals surface area contributed by atoms with Crippen LogP contribution in [-0.2, 0) is 0 Å². The van der Waals surface area contributed by atoms with Gasteiger partial charge in [0.25, 0.3) is 0 Å². The van der Waals surface area contributed by atoms with Gasteiger partial charge in [-0.25, -0.2) is 0 Å². The van der Waals surface area contributed by atoms with Crippen molar-refractivity contribution in [2.45, 2.75) is 45.1 Å². The van der Waals surface area contributed by atoms with Crippen LogP contribution in [0.1, 0.15) is 50.6 Å². The first-order chi connectivity index (χ1) is 8.72. The van der Waals surface area contributed by atoms with E-state index in [1.165, 1.54) is 41.2 Å². The Morgan fingerprint density at radius 2 is 2.06 bits per heavy atom. The summed E-state index contributed by atoms with van der Waals surface area (Å²) in [5.74, 6) is 0.769. The van der Waals surface area contributed by atoms with Crippen LogP contribution in [0.5, 0.6) is 0 Å². The van der Waals surface area contributed by atoms with Crippen molar-refractivity contribution in [3.8, 4) is 0 Å². The molecule has 1 N–H and O–H groups in total. The number of halogens is 2. The highest BCUT2D eigenvalue weighted by molar-refractivity contribution is 14.1. The third-order valence-electron chi connectivity index (χ3n) is 3.84. The maximum absolute atomic E-state index is 6.17. The van der Waals surface area contributed by atoms with Gasteiger partial charge in [-0.05, 0) is 71.7 Å². The zero-order chi connectivity index (χ0) is 13.0. The summed E-state index contributed by atoms with van der Waals surface area (Å²) in [6, 6.07) is 6.73. The summed E-state index contributed by atoms with van der Waals surface area (Å²) < 4.78 is 1.33. The van der Waals surface area contributed by atoms with Crippen LogP contribution in [0.25, 0.3) is 0 Å². The lowest BCUT2D eigenvalue weighted by molar-refractivity contribution is 0.274. The third-order valence-corrected chi connectivity index (χ3v) is 5.06. The number of nitrogens with one attached hydrogen (secondary N) is 1. The molecule has 0 radical (unpaired) electrons. The van der Waals surface area contributed by atoms with Crippen LogP contribution < -0.4 is 5.32 Å². The maximum Gasteiger partial charge on any atom is 0.0410 e. The fraction of sp³-hybridized carbons (Fsp3) is 0.600. The molecule has 18 heavy (non-hydrogen) atoms. The Balaban J connectivity index is 2.24. The Hall–Kier alpha value is 0.200. The van der Waals surface area contributed by atoms with Crippen LogP contribution in [0, 0.1) is 9.49 Å². The Kier molecular flexibility index (Phi) is 5.77. The summed E-state index contributed by atoms with van der Waals surface area (Å²) in [7, 11) is 0. The summed E-state index contributed by atoms with van der Waals surface area (Å²) >= 11 is 8.60. The molecule has 1 nitrogen and oxygen atoms in total. The van der Waals surface area contributed by atoms with Crippen molar-refractivity contribution < 1.29 is 0 Å². The van der Waals surface area contributed by atoms with Gasteiger partial charge < -0.3 is 5.32 Å². The number of hydrogen-bond donors (Lipinski definition) is 1. The Bertz CT molecular complexity index is 388. The van der Waals surface area contributed by atoms with E-state index in [9.17, 15) is 0 Å². The molecule has 1 aromatic carbocycles. The van der Waals surface area contributed by atoms with Gasteiger partial charge >= 0.3 is 0 Å². The van der Waals surface area contributed by atoms with Crippen molar-refractivity contribution in [1.82, 2.24) is 5.32 Å². The largest absolute Gasteiger partial charge is 0.310 e. The molecule has 0 saturated heterocycles. The van der Waals surface area contributed by atoms with E-state index in [1.807, 2.05) is 6.07 Å². The lowest BCUT2D eigenvalue weighted by Gasteiger charge is -2.32.